The van der Waals surface area contributed by atoms with Crippen molar-refractivity contribution in [2.75, 3.05) is 34.5 Å². The van der Waals surface area contributed by atoms with Crippen LogP contribution in [-0.2, 0) is 14.3 Å². The molecular weight excluding hydrogens is 468 g/mol. The fraction of sp³-hybridized carbons (Fsp3) is 0.269. The fourth-order valence-electron chi connectivity index (χ4n) is 3.91. The van der Waals surface area contributed by atoms with Crippen LogP contribution >= 0.6 is 11.3 Å². The highest BCUT2D eigenvalue weighted by Gasteiger charge is 2.33. The number of ether oxygens (including phenoxy) is 4. The third-order valence-electron chi connectivity index (χ3n) is 5.62. The quantitative estimate of drug-likeness (QED) is 0.353. The van der Waals surface area contributed by atoms with Crippen LogP contribution in [0.15, 0.2) is 69.6 Å². The lowest BCUT2D eigenvalue weighted by Gasteiger charge is -2.25. The van der Waals surface area contributed by atoms with Gasteiger partial charge in [0.05, 0.1) is 42.7 Å². The highest BCUT2D eigenvalue weighted by molar-refractivity contribution is 7.07. The van der Waals surface area contributed by atoms with Gasteiger partial charge in [0.25, 0.3) is 5.56 Å². The standard InChI is InChI=1S/C26H26N2O6S/c1-16-22(25(30)34-14-13-31-2)23(17-9-11-19(32-3)12-10-17)28-24(29)21(35-26(28)27-16)15-18-7-5-6-8-20(18)33-4/h5-12,15,23H,13-14H2,1-4H3/b21-15+/t23-/m0/s1. The molecule has 4 rings (SSSR count). The molecule has 2 heterocycles. The lowest BCUT2D eigenvalue weighted by Crippen LogP contribution is -2.40. The van der Waals surface area contributed by atoms with Gasteiger partial charge in [-0.15, -0.1) is 0 Å². The van der Waals surface area contributed by atoms with Gasteiger partial charge in [-0.2, -0.15) is 0 Å². The number of thiazole rings is 1. The zero-order valence-corrected chi connectivity index (χ0v) is 20.8. The molecule has 1 atom stereocenters. The summed E-state index contributed by atoms with van der Waals surface area (Å²) in [7, 11) is 4.70. The summed E-state index contributed by atoms with van der Waals surface area (Å²) in [5.41, 5.74) is 2.07. The SMILES string of the molecule is COCCOC(=O)C1=C(C)N=c2s/c(=C/c3ccccc3OC)c(=O)n2[C@H]1c1ccc(OC)cc1. The van der Waals surface area contributed by atoms with Gasteiger partial charge < -0.3 is 18.9 Å². The number of nitrogens with zero attached hydrogens (tertiary/aromatic N) is 2. The smallest absolute Gasteiger partial charge is 0.338 e. The molecule has 3 aromatic rings. The zero-order chi connectivity index (χ0) is 24.9. The van der Waals surface area contributed by atoms with Crippen molar-refractivity contribution >= 4 is 23.4 Å². The molecule has 182 valence electrons. The number of hydrogen-bond donors (Lipinski definition) is 0. The van der Waals surface area contributed by atoms with E-state index in [1.807, 2.05) is 36.4 Å². The molecule has 0 saturated carbocycles. The first-order valence-corrected chi connectivity index (χ1v) is 11.8. The lowest BCUT2D eigenvalue weighted by molar-refractivity contribution is -0.140. The molecule has 0 fully saturated rings. The van der Waals surface area contributed by atoms with Crippen molar-refractivity contribution in [2.45, 2.75) is 13.0 Å². The van der Waals surface area contributed by atoms with Gasteiger partial charge in [-0.3, -0.25) is 9.36 Å². The molecule has 8 nitrogen and oxygen atoms in total. The second kappa shape index (κ2) is 10.7. The normalized spacial score (nSPS) is 15.4. The summed E-state index contributed by atoms with van der Waals surface area (Å²) in [4.78, 5) is 31.9. The number of hydrogen-bond acceptors (Lipinski definition) is 8. The van der Waals surface area contributed by atoms with Gasteiger partial charge in [0.1, 0.15) is 18.1 Å². The van der Waals surface area contributed by atoms with Crippen molar-refractivity contribution < 1.29 is 23.7 Å². The summed E-state index contributed by atoms with van der Waals surface area (Å²) >= 11 is 1.26. The Kier molecular flexibility index (Phi) is 7.48. The Morgan fingerprint density at radius 2 is 1.80 bits per heavy atom. The van der Waals surface area contributed by atoms with Crippen LogP contribution in [0.3, 0.4) is 0 Å². The van der Waals surface area contributed by atoms with Crippen LogP contribution in [0.4, 0.5) is 0 Å². The Bertz CT molecular complexity index is 1440. The molecule has 0 N–H and O–H groups in total. The Morgan fingerprint density at radius 1 is 1.06 bits per heavy atom. The average Bonchev–Trinajstić information content (AvgIpc) is 3.17. The second-order valence-electron chi connectivity index (χ2n) is 7.73. The van der Waals surface area contributed by atoms with Crippen molar-refractivity contribution in [3.63, 3.8) is 0 Å². The first-order chi connectivity index (χ1) is 17.0. The molecule has 0 bridgehead atoms. The van der Waals surface area contributed by atoms with Crippen molar-refractivity contribution in [3.05, 3.63) is 90.6 Å². The van der Waals surface area contributed by atoms with Crippen molar-refractivity contribution in [1.29, 1.82) is 0 Å². The number of para-hydroxylation sites is 1. The summed E-state index contributed by atoms with van der Waals surface area (Å²) in [6.07, 6.45) is 1.78. The summed E-state index contributed by atoms with van der Waals surface area (Å²) in [6.45, 7) is 2.12. The van der Waals surface area contributed by atoms with E-state index in [0.717, 1.165) is 11.1 Å². The number of carbonyl (C=O) groups excluding carboxylic acids is 1. The minimum atomic E-state index is -0.702. The highest BCUT2D eigenvalue weighted by Crippen LogP contribution is 2.31. The second-order valence-corrected chi connectivity index (χ2v) is 8.73. The van der Waals surface area contributed by atoms with Gasteiger partial charge in [0, 0.05) is 12.7 Å². The van der Waals surface area contributed by atoms with E-state index in [9.17, 15) is 9.59 Å². The molecule has 1 aliphatic heterocycles. The average molecular weight is 495 g/mol. The molecule has 0 aliphatic carbocycles. The molecule has 1 aromatic heterocycles. The van der Waals surface area contributed by atoms with E-state index in [4.69, 9.17) is 18.9 Å². The number of methoxy groups -OCH3 is 3. The minimum absolute atomic E-state index is 0.0969. The third-order valence-corrected chi connectivity index (χ3v) is 6.60. The van der Waals surface area contributed by atoms with Gasteiger partial charge in [-0.05, 0) is 36.8 Å². The Morgan fingerprint density at radius 3 is 2.49 bits per heavy atom. The number of aromatic nitrogens is 1. The van der Waals surface area contributed by atoms with Crippen molar-refractivity contribution in [2.24, 2.45) is 4.99 Å². The monoisotopic (exact) mass is 494 g/mol. The molecule has 0 spiro atoms. The van der Waals surface area contributed by atoms with Gasteiger partial charge in [0.2, 0.25) is 0 Å². The predicted octanol–water partition coefficient (Wildman–Crippen LogP) is 2.44. The largest absolute Gasteiger partial charge is 0.497 e. The van der Waals surface area contributed by atoms with E-state index >= 15 is 0 Å². The maximum Gasteiger partial charge on any atom is 0.338 e. The number of benzene rings is 2. The highest BCUT2D eigenvalue weighted by atomic mass is 32.1. The van der Waals surface area contributed by atoms with Crippen LogP contribution in [0.25, 0.3) is 6.08 Å². The summed E-state index contributed by atoms with van der Waals surface area (Å²) in [6, 6.07) is 14.0. The number of carbonyl (C=O) groups is 1. The van der Waals surface area contributed by atoms with Crippen molar-refractivity contribution in [3.8, 4) is 11.5 Å². The zero-order valence-electron chi connectivity index (χ0n) is 19.9. The van der Waals surface area contributed by atoms with E-state index in [2.05, 4.69) is 4.99 Å². The number of fused-ring (bicyclic) bond motifs is 1. The number of esters is 1. The molecular formula is C26H26N2O6S. The Balaban J connectivity index is 1.89. The number of rotatable bonds is 8. The molecule has 35 heavy (non-hydrogen) atoms. The fourth-order valence-corrected chi connectivity index (χ4v) is 4.94. The van der Waals surface area contributed by atoms with Crippen molar-refractivity contribution in [1.82, 2.24) is 4.57 Å². The molecule has 1 aliphatic rings. The summed E-state index contributed by atoms with van der Waals surface area (Å²) in [5.74, 6) is 0.786. The van der Waals surface area contributed by atoms with E-state index in [0.29, 0.717) is 32.1 Å². The first-order valence-electron chi connectivity index (χ1n) is 10.9. The first kappa shape index (κ1) is 24.4. The van der Waals surface area contributed by atoms with Crippen LogP contribution < -0.4 is 24.4 Å². The van der Waals surface area contributed by atoms with E-state index in [1.165, 1.54) is 18.4 Å². The predicted molar refractivity (Wildman–Crippen MR) is 133 cm³/mol. The molecule has 9 heteroatoms. The van der Waals surface area contributed by atoms with E-state index in [1.54, 1.807) is 43.9 Å². The van der Waals surface area contributed by atoms with Gasteiger partial charge in [0.15, 0.2) is 4.80 Å². The van der Waals surface area contributed by atoms with Gasteiger partial charge >= 0.3 is 5.97 Å². The molecule has 0 amide bonds. The molecule has 0 unspecified atom stereocenters. The van der Waals surface area contributed by atoms with Crippen LogP contribution in [0.2, 0.25) is 0 Å². The Hall–Kier alpha value is -3.69. The van der Waals surface area contributed by atoms with Crippen LogP contribution in [-0.4, -0.2) is 45.1 Å². The minimum Gasteiger partial charge on any atom is -0.497 e. The topological polar surface area (TPSA) is 88.4 Å². The molecule has 0 saturated heterocycles. The third kappa shape index (κ3) is 4.91. The maximum atomic E-state index is 13.7. The van der Waals surface area contributed by atoms with Crippen LogP contribution in [0.5, 0.6) is 11.5 Å². The van der Waals surface area contributed by atoms with E-state index in [-0.39, 0.29) is 18.8 Å². The van der Waals surface area contributed by atoms with Gasteiger partial charge in [-0.25, -0.2) is 9.79 Å². The van der Waals surface area contributed by atoms with Crippen LogP contribution in [0, 0.1) is 0 Å². The summed E-state index contributed by atoms with van der Waals surface area (Å²) < 4.78 is 23.2. The van der Waals surface area contributed by atoms with E-state index < -0.39 is 12.0 Å². The summed E-state index contributed by atoms with van der Waals surface area (Å²) in [5, 5.41) is 0. The lowest BCUT2D eigenvalue weighted by atomic mass is 9.96. The Labute approximate surface area is 206 Å². The maximum absolute atomic E-state index is 13.7. The van der Waals surface area contributed by atoms with Crippen LogP contribution in [0.1, 0.15) is 24.1 Å². The molecule has 2 aromatic carbocycles. The molecule has 0 radical (unpaired) electrons. The number of allylic oxidation sites excluding steroid dienone is 1. The van der Waals surface area contributed by atoms with Gasteiger partial charge in [-0.1, -0.05) is 41.7 Å².